The third kappa shape index (κ3) is 3.01. The summed E-state index contributed by atoms with van der Waals surface area (Å²) in [6.07, 6.45) is 0.700. The zero-order chi connectivity index (χ0) is 15.4. The molecule has 112 valence electrons. The second kappa shape index (κ2) is 6.43. The number of benzene rings is 2. The monoisotopic (exact) mass is 294 g/mol. The van der Waals surface area contributed by atoms with Crippen molar-refractivity contribution in [2.45, 2.75) is 13.3 Å². The van der Waals surface area contributed by atoms with Crippen LogP contribution in [0.15, 0.2) is 65.8 Å². The number of ether oxygens (including phenoxy) is 1. The smallest absolute Gasteiger partial charge is 0.314 e. The van der Waals surface area contributed by atoms with Crippen molar-refractivity contribution in [1.82, 2.24) is 0 Å². The number of nitrogens with zero attached hydrogens (tertiary/aromatic N) is 2. The van der Waals surface area contributed by atoms with Crippen LogP contribution in [0, 0.1) is 5.92 Å². The summed E-state index contributed by atoms with van der Waals surface area (Å²) in [7, 11) is 0. The molecule has 1 heterocycles. The number of hydrogen-bond donors (Lipinski definition) is 0. The van der Waals surface area contributed by atoms with Gasteiger partial charge in [0, 0.05) is 6.42 Å². The summed E-state index contributed by atoms with van der Waals surface area (Å²) in [6.45, 7) is 2.36. The van der Waals surface area contributed by atoms with Crippen LogP contribution in [0.25, 0.3) is 0 Å². The van der Waals surface area contributed by atoms with E-state index in [1.54, 1.807) is 0 Å². The fraction of sp³-hybridized carbons (Fsp3) is 0.222. The predicted octanol–water partition coefficient (Wildman–Crippen LogP) is 3.76. The van der Waals surface area contributed by atoms with Crippen molar-refractivity contribution in [2.24, 2.45) is 11.0 Å². The first-order valence-corrected chi connectivity index (χ1v) is 7.37. The van der Waals surface area contributed by atoms with Crippen LogP contribution in [0.4, 0.5) is 11.4 Å². The third-order valence-electron chi connectivity index (χ3n) is 3.70. The highest BCUT2D eigenvalue weighted by atomic mass is 16.5. The van der Waals surface area contributed by atoms with Crippen LogP contribution >= 0.6 is 0 Å². The van der Waals surface area contributed by atoms with Crippen LogP contribution < -0.4 is 5.01 Å². The quantitative estimate of drug-likeness (QED) is 0.490. The molecule has 22 heavy (non-hydrogen) atoms. The summed E-state index contributed by atoms with van der Waals surface area (Å²) in [6, 6.07) is 19.8. The van der Waals surface area contributed by atoms with Gasteiger partial charge in [0.25, 0.3) is 0 Å². The van der Waals surface area contributed by atoms with Crippen molar-refractivity contribution >= 4 is 23.1 Å². The molecule has 1 unspecified atom stereocenters. The van der Waals surface area contributed by atoms with Gasteiger partial charge in [-0.3, -0.25) is 4.79 Å². The standard InChI is InChI=1S/C18H18N2O2/c1-14(17-12-13-22-18(17)21)19-20(15-8-4-2-5-9-15)16-10-6-3-7-11-16/h2-11,17H,12-13H2,1H3. The lowest BCUT2D eigenvalue weighted by molar-refractivity contribution is -0.139. The average molecular weight is 294 g/mol. The normalized spacial score (nSPS) is 18.1. The van der Waals surface area contributed by atoms with Crippen LogP contribution in [0.3, 0.4) is 0 Å². The highest BCUT2D eigenvalue weighted by Gasteiger charge is 2.29. The highest BCUT2D eigenvalue weighted by molar-refractivity contribution is 6.02. The Balaban J connectivity index is 1.97. The van der Waals surface area contributed by atoms with Crippen molar-refractivity contribution in [3.8, 4) is 0 Å². The lowest BCUT2D eigenvalue weighted by atomic mass is 10.0. The molecule has 1 aliphatic heterocycles. The minimum atomic E-state index is -0.241. The van der Waals surface area contributed by atoms with Gasteiger partial charge in [-0.05, 0) is 31.2 Å². The van der Waals surface area contributed by atoms with E-state index in [0.717, 1.165) is 17.1 Å². The first kappa shape index (κ1) is 14.3. The lowest BCUT2D eigenvalue weighted by Gasteiger charge is -2.21. The van der Waals surface area contributed by atoms with E-state index in [4.69, 9.17) is 9.84 Å². The zero-order valence-corrected chi connectivity index (χ0v) is 12.5. The predicted molar refractivity (Wildman–Crippen MR) is 87.2 cm³/mol. The van der Waals surface area contributed by atoms with Crippen molar-refractivity contribution in [2.75, 3.05) is 11.6 Å². The molecule has 1 fully saturated rings. The average Bonchev–Trinajstić information content (AvgIpc) is 3.00. The Labute approximate surface area is 130 Å². The van der Waals surface area contributed by atoms with Gasteiger partial charge in [-0.1, -0.05) is 36.4 Å². The van der Waals surface area contributed by atoms with Crippen LogP contribution in [-0.4, -0.2) is 18.3 Å². The van der Waals surface area contributed by atoms with Gasteiger partial charge >= 0.3 is 5.97 Å². The van der Waals surface area contributed by atoms with Crippen LogP contribution in [0.1, 0.15) is 13.3 Å². The molecule has 0 amide bonds. The van der Waals surface area contributed by atoms with E-state index in [1.165, 1.54) is 0 Å². The van der Waals surface area contributed by atoms with E-state index >= 15 is 0 Å². The van der Waals surface area contributed by atoms with Crippen molar-refractivity contribution in [1.29, 1.82) is 0 Å². The Morgan fingerprint density at radius 3 is 2.05 bits per heavy atom. The number of anilines is 2. The van der Waals surface area contributed by atoms with Crippen molar-refractivity contribution < 1.29 is 9.53 Å². The second-order valence-electron chi connectivity index (χ2n) is 5.23. The second-order valence-corrected chi connectivity index (χ2v) is 5.23. The summed E-state index contributed by atoms with van der Waals surface area (Å²) in [5.74, 6) is -0.419. The number of esters is 1. The molecule has 0 radical (unpaired) electrons. The number of hydrogen-bond acceptors (Lipinski definition) is 4. The van der Waals surface area contributed by atoms with Gasteiger partial charge in [0.2, 0.25) is 0 Å². The number of carbonyl (C=O) groups is 1. The topological polar surface area (TPSA) is 41.9 Å². The van der Waals surface area contributed by atoms with Gasteiger partial charge in [-0.25, -0.2) is 5.01 Å². The summed E-state index contributed by atoms with van der Waals surface area (Å²) < 4.78 is 5.04. The zero-order valence-electron chi connectivity index (χ0n) is 12.5. The molecule has 4 heteroatoms. The molecule has 2 aromatic carbocycles. The molecule has 0 spiro atoms. The van der Waals surface area contributed by atoms with E-state index in [0.29, 0.717) is 13.0 Å². The van der Waals surface area contributed by atoms with Crippen molar-refractivity contribution in [3.05, 3.63) is 60.7 Å². The number of hydrazone groups is 1. The molecule has 1 aliphatic rings. The summed E-state index contributed by atoms with van der Waals surface area (Å²) in [5, 5.41) is 6.56. The molecule has 0 bridgehead atoms. The summed E-state index contributed by atoms with van der Waals surface area (Å²) in [5.41, 5.74) is 2.69. The minimum Gasteiger partial charge on any atom is -0.465 e. The van der Waals surface area contributed by atoms with Gasteiger partial charge in [0.05, 0.1) is 29.6 Å². The van der Waals surface area contributed by atoms with E-state index in [1.807, 2.05) is 72.6 Å². The van der Waals surface area contributed by atoms with Gasteiger partial charge in [-0.15, -0.1) is 0 Å². The van der Waals surface area contributed by atoms with Crippen LogP contribution in [0.5, 0.6) is 0 Å². The van der Waals surface area contributed by atoms with Crippen LogP contribution in [-0.2, 0) is 9.53 Å². The Kier molecular flexibility index (Phi) is 4.19. The van der Waals surface area contributed by atoms with Gasteiger partial charge in [0.1, 0.15) is 0 Å². The van der Waals surface area contributed by atoms with E-state index in [2.05, 4.69) is 0 Å². The maximum atomic E-state index is 11.7. The van der Waals surface area contributed by atoms with Gasteiger partial charge < -0.3 is 4.74 Å². The minimum absolute atomic E-state index is 0.178. The number of rotatable bonds is 4. The van der Waals surface area contributed by atoms with Gasteiger partial charge in [-0.2, -0.15) is 5.10 Å². The SMILES string of the molecule is CC(=NN(c1ccccc1)c1ccccc1)C1CCOC1=O. The first-order chi connectivity index (χ1) is 10.8. The molecule has 2 aromatic rings. The highest BCUT2D eigenvalue weighted by Crippen LogP contribution is 2.27. The molecular formula is C18H18N2O2. The molecular weight excluding hydrogens is 276 g/mol. The molecule has 0 N–H and O–H groups in total. The first-order valence-electron chi connectivity index (χ1n) is 7.37. The maximum absolute atomic E-state index is 11.7. The fourth-order valence-electron chi connectivity index (χ4n) is 2.51. The van der Waals surface area contributed by atoms with E-state index in [9.17, 15) is 4.79 Å². The van der Waals surface area contributed by atoms with Crippen molar-refractivity contribution in [3.63, 3.8) is 0 Å². The van der Waals surface area contributed by atoms with Gasteiger partial charge in [0.15, 0.2) is 0 Å². The molecule has 3 rings (SSSR count). The summed E-state index contributed by atoms with van der Waals surface area (Å²) in [4.78, 5) is 11.7. The number of carbonyl (C=O) groups excluding carboxylic acids is 1. The number of para-hydroxylation sites is 2. The fourth-order valence-corrected chi connectivity index (χ4v) is 2.51. The number of cyclic esters (lactones) is 1. The van der Waals surface area contributed by atoms with Crippen LogP contribution in [0.2, 0.25) is 0 Å². The Hall–Kier alpha value is -2.62. The molecule has 0 aliphatic carbocycles. The van der Waals surface area contributed by atoms with E-state index in [-0.39, 0.29) is 11.9 Å². The lowest BCUT2D eigenvalue weighted by Crippen LogP contribution is -2.21. The largest absolute Gasteiger partial charge is 0.465 e. The Morgan fingerprint density at radius 1 is 1.05 bits per heavy atom. The molecule has 4 nitrogen and oxygen atoms in total. The third-order valence-corrected chi connectivity index (χ3v) is 3.70. The Morgan fingerprint density at radius 2 is 1.59 bits per heavy atom. The Bertz CT molecular complexity index is 629. The molecule has 1 atom stereocenters. The molecule has 0 aromatic heterocycles. The van der Waals surface area contributed by atoms with E-state index < -0.39 is 0 Å². The molecule has 1 saturated heterocycles. The maximum Gasteiger partial charge on any atom is 0.314 e. The summed E-state index contributed by atoms with van der Waals surface area (Å²) >= 11 is 0. The molecule has 0 saturated carbocycles.